The second-order valence-corrected chi connectivity index (χ2v) is 9.21. The van der Waals surface area contributed by atoms with Crippen LogP contribution in [0.1, 0.15) is 44.9 Å². The molecular formula is C14H22N2O3S. The number of carbonyl (C=O) groups is 1. The molecule has 0 aromatic carbocycles. The average Bonchev–Trinajstić information content (AvgIpc) is 2.75. The second kappa shape index (κ2) is 4.19. The lowest BCUT2D eigenvalue weighted by Crippen LogP contribution is -2.48. The monoisotopic (exact) mass is 298 g/mol. The normalized spacial score (nSPS) is 39.0. The van der Waals surface area contributed by atoms with Gasteiger partial charge in [-0.15, -0.1) is 0 Å². The molecule has 2 heterocycles. The number of nitrogens with one attached hydrogen (secondary N) is 1. The van der Waals surface area contributed by atoms with E-state index in [2.05, 4.69) is 5.32 Å². The zero-order chi connectivity index (χ0) is 14.0. The Morgan fingerprint density at radius 1 is 1.15 bits per heavy atom. The summed E-state index contributed by atoms with van der Waals surface area (Å²) in [5.74, 6) is 1.10. The first-order valence-electron chi connectivity index (χ1n) is 7.82. The Bertz CT molecular complexity index is 535. The van der Waals surface area contributed by atoms with Crippen LogP contribution in [0.15, 0.2) is 0 Å². The Balaban J connectivity index is 1.62. The molecule has 2 saturated heterocycles. The first-order chi connectivity index (χ1) is 9.51. The van der Waals surface area contributed by atoms with Crippen molar-refractivity contribution >= 4 is 15.7 Å². The van der Waals surface area contributed by atoms with E-state index in [4.69, 9.17) is 0 Å². The predicted molar refractivity (Wildman–Crippen MR) is 74.8 cm³/mol. The van der Waals surface area contributed by atoms with Gasteiger partial charge in [-0.05, 0) is 38.0 Å². The Labute approximate surface area is 120 Å². The molecule has 2 atom stereocenters. The minimum Gasteiger partial charge on any atom is -0.321 e. The van der Waals surface area contributed by atoms with Crippen molar-refractivity contribution < 1.29 is 13.2 Å². The topological polar surface area (TPSA) is 66.5 Å². The van der Waals surface area contributed by atoms with Crippen molar-refractivity contribution in [2.45, 2.75) is 62.7 Å². The van der Waals surface area contributed by atoms with Crippen LogP contribution in [0, 0.1) is 5.92 Å². The van der Waals surface area contributed by atoms with Gasteiger partial charge in [0, 0.05) is 6.04 Å². The summed E-state index contributed by atoms with van der Waals surface area (Å²) in [5.41, 5.74) is -0.320. The maximum Gasteiger partial charge on any atom is 0.244 e. The van der Waals surface area contributed by atoms with Crippen molar-refractivity contribution in [2.75, 3.05) is 11.5 Å². The number of nitrogens with zero attached hydrogens (tertiary/aromatic N) is 1. The van der Waals surface area contributed by atoms with Gasteiger partial charge >= 0.3 is 0 Å². The van der Waals surface area contributed by atoms with Gasteiger partial charge in [0.15, 0.2) is 9.84 Å². The zero-order valence-corrected chi connectivity index (χ0v) is 12.5. The summed E-state index contributed by atoms with van der Waals surface area (Å²) < 4.78 is 23.5. The standard InChI is InChI=1S/C14H22N2O3S/c17-13-14(6-7-14)15-12(10-3-1-2-4-10)16(13)11-5-8-20(18,19)9-11/h10-12,15H,1-9H2. The lowest BCUT2D eigenvalue weighted by atomic mass is 10.0. The van der Waals surface area contributed by atoms with Gasteiger partial charge in [-0.25, -0.2) is 8.42 Å². The highest BCUT2D eigenvalue weighted by Crippen LogP contribution is 2.46. The highest BCUT2D eigenvalue weighted by atomic mass is 32.2. The van der Waals surface area contributed by atoms with E-state index >= 15 is 0 Å². The first-order valence-corrected chi connectivity index (χ1v) is 9.64. The van der Waals surface area contributed by atoms with E-state index in [-0.39, 0.29) is 35.2 Å². The minimum atomic E-state index is -2.94. The molecule has 2 aliphatic heterocycles. The summed E-state index contributed by atoms with van der Waals surface area (Å²) in [5, 5.41) is 3.57. The molecule has 5 nitrogen and oxygen atoms in total. The van der Waals surface area contributed by atoms with Crippen LogP contribution in [-0.2, 0) is 14.6 Å². The number of amides is 1. The van der Waals surface area contributed by atoms with Gasteiger partial charge < -0.3 is 4.90 Å². The number of rotatable bonds is 2. The predicted octanol–water partition coefficient (Wildman–Crippen LogP) is 0.654. The molecule has 20 heavy (non-hydrogen) atoms. The SMILES string of the molecule is O=C1N(C2CCS(=O)(=O)C2)C(C2CCCC2)NC12CC2. The van der Waals surface area contributed by atoms with Gasteiger partial charge in [-0.3, -0.25) is 10.1 Å². The van der Waals surface area contributed by atoms with Crippen LogP contribution in [0.2, 0.25) is 0 Å². The summed E-state index contributed by atoms with van der Waals surface area (Å²) in [6.45, 7) is 0. The molecule has 1 amide bonds. The Kier molecular flexibility index (Phi) is 2.74. The summed E-state index contributed by atoms with van der Waals surface area (Å²) in [6, 6.07) is -0.0921. The van der Waals surface area contributed by atoms with Crippen LogP contribution in [0.25, 0.3) is 0 Å². The number of hydrogen-bond donors (Lipinski definition) is 1. The van der Waals surface area contributed by atoms with Crippen molar-refractivity contribution in [1.82, 2.24) is 10.2 Å². The van der Waals surface area contributed by atoms with Gasteiger partial charge in [-0.2, -0.15) is 0 Å². The van der Waals surface area contributed by atoms with Gasteiger partial charge in [0.2, 0.25) is 5.91 Å². The first kappa shape index (κ1) is 13.1. The molecule has 2 aliphatic carbocycles. The van der Waals surface area contributed by atoms with Gasteiger partial charge in [-0.1, -0.05) is 12.8 Å². The lowest BCUT2D eigenvalue weighted by Gasteiger charge is -2.33. The van der Waals surface area contributed by atoms with Crippen molar-refractivity contribution in [1.29, 1.82) is 0 Å². The third-order valence-corrected chi connectivity index (χ3v) is 7.32. The molecule has 2 saturated carbocycles. The van der Waals surface area contributed by atoms with E-state index in [1.165, 1.54) is 12.8 Å². The van der Waals surface area contributed by atoms with E-state index in [1.54, 1.807) is 0 Å². The maximum absolute atomic E-state index is 12.7. The molecule has 1 spiro atoms. The Morgan fingerprint density at radius 2 is 1.85 bits per heavy atom. The van der Waals surface area contributed by atoms with E-state index in [9.17, 15) is 13.2 Å². The van der Waals surface area contributed by atoms with E-state index in [0.717, 1.165) is 25.7 Å². The molecule has 0 radical (unpaired) electrons. The highest BCUT2D eigenvalue weighted by molar-refractivity contribution is 7.91. The molecule has 112 valence electrons. The lowest BCUT2D eigenvalue weighted by molar-refractivity contribution is -0.133. The smallest absolute Gasteiger partial charge is 0.244 e. The molecule has 6 heteroatoms. The summed E-state index contributed by atoms with van der Waals surface area (Å²) in [7, 11) is -2.94. The fourth-order valence-corrected chi connectivity index (χ4v) is 5.99. The van der Waals surface area contributed by atoms with Crippen LogP contribution in [-0.4, -0.2) is 48.5 Å². The third-order valence-electron chi connectivity index (χ3n) is 5.57. The number of hydrogen-bond acceptors (Lipinski definition) is 4. The van der Waals surface area contributed by atoms with Gasteiger partial charge in [0.25, 0.3) is 0 Å². The van der Waals surface area contributed by atoms with E-state index < -0.39 is 9.84 Å². The molecule has 0 aromatic heterocycles. The zero-order valence-electron chi connectivity index (χ0n) is 11.7. The van der Waals surface area contributed by atoms with Crippen molar-refractivity contribution in [3.05, 3.63) is 0 Å². The molecule has 1 N–H and O–H groups in total. The molecule has 2 unspecified atom stereocenters. The molecule has 4 aliphatic rings. The fourth-order valence-electron chi connectivity index (χ4n) is 4.28. The van der Waals surface area contributed by atoms with Crippen LogP contribution in [0.4, 0.5) is 0 Å². The molecule has 0 bridgehead atoms. The maximum atomic E-state index is 12.7. The van der Waals surface area contributed by atoms with Crippen LogP contribution < -0.4 is 5.32 Å². The average molecular weight is 298 g/mol. The number of sulfone groups is 1. The second-order valence-electron chi connectivity index (χ2n) is 6.99. The van der Waals surface area contributed by atoms with Crippen molar-refractivity contribution in [3.8, 4) is 0 Å². The van der Waals surface area contributed by atoms with Gasteiger partial charge in [0.1, 0.15) is 0 Å². The molecule has 0 aromatic rings. The van der Waals surface area contributed by atoms with Crippen LogP contribution >= 0.6 is 0 Å². The van der Waals surface area contributed by atoms with E-state index in [0.29, 0.717) is 12.3 Å². The molecule has 4 rings (SSSR count). The fraction of sp³-hybridized carbons (Fsp3) is 0.929. The third kappa shape index (κ3) is 1.91. The molecule has 4 fully saturated rings. The summed E-state index contributed by atoms with van der Waals surface area (Å²) >= 11 is 0. The van der Waals surface area contributed by atoms with Crippen molar-refractivity contribution in [3.63, 3.8) is 0 Å². The largest absolute Gasteiger partial charge is 0.321 e. The summed E-state index contributed by atoms with van der Waals surface area (Å²) in [6.07, 6.45) is 7.35. The quantitative estimate of drug-likeness (QED) is 0.813. The highest BCUT2D eigenvalue weighted by Gasteiger charge is 2.62. The Morgan fingerprint density at radius 3 is 2.40 bits per heavy atom. The molecular weight excluding hydrogens is 276 g/mol. The Hall–Kier alpha value is -0.620. The van der Waals surface area contributed by atoms with Gasteiger partial charge in [0.05, 0.1) is 23.2 Å². The van der Waals surface area contributed by atoms with Crippen LogP contribution in [0.5, 0.6) is 0 Å². The number of carbonyl (C=O) groups excluding carboxylic acids is 1. The van der Waals surface area contributed by atoms with Crippen molar-refractivity contribution in [2.24, 2.45) is 5.92 Å². The summed E-state index contributed by atoms with van der Waals surface area (Å²) in [4.78, 5) is 14.7. The van der Waals surface area contributed by atoms with Crippen LogP contribution in [0.3, 0.4) is 0 Å². The van der Waals surface area contributed by atoms with E-state index in [1.807, 2.05) is 4.90 Å². The minimum absolute atomic E-state index is 0.0887.